The average molecular weight is 289 g/mol. The third-order valence-corrected chi connectivity index (χ3v) is 3.09. The Labute approximate surface area is 116 Å². The number of hydrogen-bond acceptors (Lipinski definition) is 3. The van der Waals surface area contributed by atoms with Crippen LogP contribution in [-0.4, -0.2) is 26.1 Å². The summed E-state index contributed by atoms with van der Waals surface area (Å²) < 4.78 is 45.9. The zero-order valence-corrected chi connectivity index (χ0v) is 11.5. The SMILES string of the molecule is CC1(C)CNCC(c2ccc(OC(F)(F)F)cc2)OC1. The Bertz CT molecular complexity index is 443. The van der Waals surface area contributed by atoms with Crippen molar-refractivity contribution < 1.29 is 22.6 Å². The molecule has 1 unspecified atom stereocenters. The summed E-state index contributed by atoms with van der Waals surface area (Å²) in [5.41, 5.74) is 0.887. The maximum absolute atomic E-state index is 12.1. The van der Waals surface area contributed by atoms with E-state index in [2.05, 4.69) is 23.9 Å². The van der Waals surface area contributed by atoms with Gasteiger partial charge >= 0.3 is 6.36 Å². The highest BCUT2D eigenvalue weighted by Gasteiger charge is 2.31. The van der Waals surface area contributed by atoms with Gasteiger partial charge in [0.2, 0.25) is 0 Å². The van der Waals surface area contributed by atoms with E-state index in [9.17, 15) is 13.2 Å². The molecule has 0 aromatic heterocycles. The predicted octanol–water partition coefficient (Wildman–Crippen LogP) is 3.27. The summed E-state index contributed by atoms with van der Waals surface area (Å²) in [5.74, 6) is -0.219. The molecule has 1 aromatic carbocycles. The third-order valence-electron chi connectivity index (χ3n) is 3.09. The normalized spacial score (nSPS) is 23.1. The molecule has 1 aliphatic heterocycles. The van der Waals surface area contributed by atoms with Crippen LogP contribution >= 0.6 is 0 Å². The monoisotopic (exact) mass is 289 g/mol. The lowest BCUT2D eigenvalue weighted by Crippen LogP contribution is -2.29. The molecule has 0 amide bonds. The highest BCUT2D eigenvalue weighted by molar-refractivity contribution is 5.29. The molecule has 20 heavy (non-hydrogen) atoms. The number of benzene rings is 1. The van der Waals surface area contributed by atoms with E-state index in [4.69, 9.17) is 4.74 Å². The van der Waals surface area contributed by atoms with Crippen molar-refractivity contribution in [2.75, 3.05) is 19.7 Å². The van der Waals surface area contributed by atoms with Crippen LogP contribution in [0.25, 0.3) is 0 Å². The molecule has 2 rings (SSSR count). The molecule has 1 N–H and O–H groups in total. The molecule has 6 heteroatoms. The lowest BCUT2D eigenvalue weighted by molar-refractivity contribution is -0.274. The molecular formula is C14H18F3NO2. The molecule has 0 aliphatic carbocycles. The molecule has 1 saturated heterocycles. The van der Waals surface area contributed by atoms with Crippen molar-refractivity contribution in [2.45, 2.75) is 26.3 Å². The topological polar surface area (TPSA) is 30.5 Å². The van der Waals surface area contributed by atoms with E-state index >= 15 is 0 Å². The molecule has 0 radical (unpaired) electrons. The molecular weight excluding hydrogens is 271 g/mol. The lowest BCUT2D eigenvalue weighted by atomic mass is 9.95. The Morgan fingerprint density at radius 2 is 1.90 bits per heavy atom. The molecule has 3 nitrogen and oxygen atoms in total. The second-order valence-electron chi connectivity index (χ2n) is 5.71. The lowest BCUT2D eigenvalue weighted by Gasteiger charge is -2.21. The van der Waals surface area contributed by atoms with Crippen molar-refractivity contribution in [3.63, 3.8) is 0 Å². The first-order chi connectivity index (χ1) is 9.25. The van der Waals surface area contributed by atoms with Gasteiger partial charge < -0.3 is 14.8 Å². The summed E-state index contributed by atoms with van der Waals surface area (Å²) in [6.07, 6.45) is -4.82. The van der Waals surface area contributed by atoms with Gasteiger partial charge in [-0.1, -0.05) is 26.0 Å². The first kappa shape index (κ1) is 15.1. The van der Waals surface area contributed by atoms with Gasteiger partial charge in [0.1, 0.15) is 5.75 Å². The Hall–Kier alpha value is -1.27. The first-order valence-corrected chi connectivity index (χ1v) is 6.43. The van der Waals surface area contributed by atoms with E-state index in [0.29, 0.717) is 13.2 Å². The molecule has 0 bridgehead atoms. The zero-order valence-electron chi connectivity index (χ0n) is 11.5. The van der Waals surface area contributed by atoms with Gasteiger partial charge in [0.05, 0.1) is 12.7 Å². The Balaban J connectivity index is 2.03. The molecule has 0 spiro atoms. The Kier molecular flexibility index (Phi) is 4.25. The predicted molar refractivity (Wildman–Crippen MR) is 68.5 cm³/mol. The van der Waals surface area contributed by atoms with E-state index < -0.39 is 6.36 Å². The van der Waals surface area contributed by atoms with Crippen molar-refractivity contribution in [2.24, 2.45) is 5.41 Å². The quantitative estimate of drug-likeness (QED) is 0.906. The molecule has 1 atom stereocenters. The Morgan fingerprint density at radius 3 is 2.50 bits per heavy atom. The number of ether oxygens (including phenoxy) is 2. The average Bonchev–Trinajstić information content (AvgIpc) is 2.49. The van der Waals surface area contributed by atoms with Crippen LogP contribution in [-0.2, 0) is 4.74 Å². The minimum atomic E-state index is -4.66. The summed E-state index contributed by atoms with van der Waals surface area (Å²) in [6.45, 7) is 6.29. The van der Waals surface area contributed by atoms with Crippen LogP contribution in [0.1, 0.15) is 25.5 Å². The van der Waals surface area contributed by atoms with Crippen molar-refractivity contribution >= 4 is 0 Å². The molecule has 1 fully saturated rings. The van der Waals surface area contributed by atoms with Gasteiger partial charge in [-0.15, -0.1) is 13.2 Å². The van der Waals surface area contributed by atoms with Crippen LogP contribution in [0.15, 0.2) is 24.3 Å². The zero-order chi connectivity index (χ0) is 14.8. The van der Waals surface area contributed by atoms with Crippen LogP contribution in [0.4, 0.5) is 13.2 Å². The summed E-state index contributed by atoms with van der Waals surface area (Å²) in [7, 11) is 0. The summed E-state index contributed by atoms with van der Waals surface area (Å²) >= 11 is 0. The second-order valence-corrected chi connectivity index (χ2v) is 5.71. The fourth-order valence-corrected chi connectivity index (χ4v) is 2.08. The number of halogens is 3. The van der Waals surface area contributed by atoms with E-state index in [0.717, 1.165) is 12.1 Å². The number of hydrogen-bond donors (Lipinski definition) is 1. The molecule has 1 heterocycles. The van der Waals surface area contributed by atoms with Crippen molar-refractivity contribution in [1.29, 1.82) is 0 Å². The Morgan fingerprint density at radius 1 is 1.25 bits per heavy atom. The third kappa shape index (κ3) is 4.38. The van der Waals surface area contributed by atoms with Gasteiger partial charge in [0.15, 0.2) is 0 Å². The van der Waals surface area contributed by atoms with Gasteiger partial charge in [0.25, 0.3) is 0 Å². The molecule has 0 saturated carbocycles. The molecule has 1 aliphatic rings. The fourth-order valence-electron chi connectivity index (χ4n) is 2.08. The van der Waals surface area contributed by atoms with Gasteiger partial charge in [-0.3, -0.25) is 0 Å². The number of nitrogens with one attached hydrogen (secondary N) is 1. The van der Waals surface area contributed by atoms with Crippen LogP contribution in [0, 0.1) is 5.41 Å². The minimum Gasteiger partial charge on any atom is -0.406 e. The standard InChI is InChI=1S/C14H18F3NO2/c1-13(2)8-18-7-12(19-9-13)10-3-5-11(6-4-10)20-14(15,16)17/h3-6,12,18H,7-9H2,1-2H3. The fraction of sp³-hybridized carbons (Fsp3) is 0.571. The molecule has 1 aromatic rings. The summed E-state index contributed by atoms with van der Waals surface area (Å²) in [5, 5.41) is 3.30. The minimum absolute atomic E-state index is 0.0497. The van der Waals surface area contributed by atoms with E-state index in [-0.39, 0.29) is 17.3 Å². The summed E-state index contributed by atoms with van der Waals surface area (Å²) in [6, 6.07) is 5.82. The van der Waals surface area contributed by atoms with Crippen molar-refractivity contribution in [3.05, 3.63) is 29.8 Å². The highest BCUT2D eigenvalue weighted by atomic mass is 19.4. The number of alkyl halides is 3. The second kappa shape index (κ2) is 5.61. The van der Waals surface area contributed by atoms with Crippen molar-refractivity contribution in [3.8, 4) is 5.75 Å². The largest absolute Gasteiger partial charge is 0.573 e. The van der Waals surface area contributed by atoms with Crippen LogP contribution in [0.2, 0.25) is 0 Å². The number of rotatable bonds is 2. The van der Waals surface area contributed by atoms with E-state index in [1.165, 1.54) is 12.1 Å². The van der Waals surface area contributed by atoms with Crippen LogP contribution < -0.4 is 10.1 Å². The highest BCUT2D eigenvalue weighted by Crippen LogP contribution is 2.28. The maximum Gasteiger partial charge on any atom is 0.573 e. The smallest absolute Gasteiger partial charge is 0.406 e. The van der Waals surface area contributed by atoms with Crippen LogP contribution in [0.5, 0.6) is 5.75 Å². The van der Waals surface area contributed by atoms with Crippen LogP contribution in [0.3, 0.4) is 0 Å². The van der Waals surface area contributed by atoms with Gasteiger partial charge in [0, 0.05) is 18.5 Å². The van der Waals surface area contributed by atoms with Gasteiger partial charge in [-0.25, -0.2) is 0 Å². The first-order valence-electron chi connectivity index (χ1n) is 6.43. The summed E-state index contributed by atoms with van der Waals surface area (Å²) in [4.78, 5) is 0. The molecule has 112 valence electrons. The van der Waals surface area contributed by atoms with Gasteiger partial charge in [-0.2, -0.15) is 0 Å². The maximum atomic E-state index is 12.1. The van der Waals surface area contributed by atoms with Crippen molar-refractivity contribution in [1.82, 2.24) is 5.32 Å². The van der Waals surface area contributed by atoms with E-state index in [1.807, 2.05) is 0 Å². The van der Waals surface area contributed by atoms with E-state index in [1.54, 1.807) is 12.1 Å². The van der Waals surface area contributed by atoms with Gasteiger partial charge in [-0.05, 0) is 17.7 Å².